The van der Waals surface area contributed by atoms with Crippen molar-refractivity contribution in [3.63, 3.8) is 0 Å². The van der Waals surface area contributed by atoms with E-state index in [2.05, 4.69) is 26.9 Å². The summed E-state index contributed by atoms with van der Waals surface area (Å²) in [4.78, 5) is 8.80. The molecule has 0 aliphatic rings. The van der Waals surface area contributed by atoms with Gasteiger partial charge in [-0.15, -0.1) is 0 Å². The standard InChI is InChI=1S/C20H20N4O/c1-14-12-18(9-11-21-14)24-19(22-15(2)23-24)17-7-5-6-16(13-17)8-10-20(3,4)25/h5-7,9,11-13,25H,1-4H3. The van der Waals surface area contributed by atoms with Crippen LogP contribution >= 0.6 is 0 Å². The Balaban J connectivity index is 2.07. The van der Waals surface area contributed by atoms with Gasteiger partial charge in [0.2, 0.25) is 0 Å². The highest BCUT2D eigenvalue weighted by atomic mass is 16.3. The summed E-state index contributed by atoms with van der Waals surface area (Å²) in [5.74, 6) is 7.27. The normalized spacial score (nSPS) is 11.1. The first kappa shape index (κ1) is 16.9. The first-order chi connectivity index (χ1) is 11.8. The third kappa shape index (κ3) is 4.11. The van der Waals surface area contributed by atoms with E-state index in [1.165, 1.54) is 0 Å². The van der Waals surface area contributed by atoms with Crippen molar-refractivity contribution in [3.8, 4) is 28.9 Å². The summed E-state index contributed by atoms with van der Waals surface area (Å²) in [6.07, 6.45) is 1.76. The summed E-state index contributed by atoms with van der Waals surface area (Å²) in [6.45, 7) is 7.14. The van der Waals surface area contributed by atoms with E-state index in [1.807, 2.05) is 54.9 Å². The van der Waals surface area contributed by atoms with Crippen LogP contribution in [0.25, 0.3) is 17.1 Å². The molecule has 5 heteroatoms. The summed E-state index contributed by atoms with van der Waals surface area (Å²) in [7, 11) is 0. The molecule has 126 valence electrons. The third-order valence-corrected chi connectivity index (χ3v) is 3.47. The van der Waals surface area contributed by atoms with Gasteiger partial charge < -0.3 is 5.11 Å². The van der Waals surface area contributed by atoms with E-state index in [4.69, 9.17) is 0 Å². The molecule has 0 aliphatic carbocycles. The highest BCUT2D eigenvalue weighted by Gasteiger charge is 2.12. The van der Waals surface area contributed by atoms with Gasteiger partial charge in [0.25, 0.3) is 0 Å². The average molecular weight is 332 g/mol. The predicted octanol–water partition coefficient (Wildman–Crippen LogP) is 3.07. The van der Waals surface area contributed by atoms with Crippen molar-refractivity contribution in [1.82, 2.24) is 19.7 Å². The van der Waals surface area contributed by atoms with Gasteiger partial charge in [-0.1, -0.05) is 24.0 Å². The van der Waals surface area contributed by atoms with Gasteiger partial charge in [0.15, 0.2) is 5.82 Å². The van der Waals surface area contributed by atoms with Gasteiger partial charge in [-0.3, -0.25) is 4.98 Å². The lowest BCUT2D eigenvalue weighted by Crippen LogP contribution is -2.14. The van der Waals surface area contributed by atoms with Crippen LogP contribution in [-0.4, -0.2) is 30.5 Å². The summed E-state index contributed by atoms with van der Waals surface area (Å²) in [6, 6.07) is 11.6. The zero-order chi connectivity index (χ0) is 18.0. The van der Waals surface area contributed by atoms with Crippen molar-refractivity contribution in [1.29, 1.82) is 0 Å². The molecule has 5 nitrogen and oxygen atoms in total. The van der Waals surface area contributed by atoms with E-state index in [-0.39, 0.29) is 0 Å². The average Bonchev–Trinajstić information content (AvgIpc) is 2.95. The second kappa shape index (κ2) is 6.50. The highest BCUT2D eigenvalue weighted by Crippen LogP contribution is 2.22. The highest BCUT2D eigenvalue weighted by molar-refractivity contribution is 5.61. The van der Waals surface area contributed by atoms with Crippen molar-refractivity contribution in [2.75, 3.05) is 0 Å². The summed E-state index contributed by atoms with van der Waals surface area (Å²) in [5.41, 5.74) is 2.54. The Morgan fingerprint density at radius 2 is 1.92 bits per heavy atom. The van der Waals surface area contributed by atoms with Crippen molar-refractivity contribution in [2.45, 2.75) is 33.3 Å². The number of pyridine rings is 1. The fourth-order valence-electron chi connectivity index (χ4n) is 2.41. The minimum Gasteiger partial charge on any atom is -0.378 e. The molecule has 1 aromatic carbocycles. The van der Waals surface area contributed by atoms with Gasteiger partial charge in [0, 0.05) is 23.0 Å². The van der Waals surface area contributed by atoms with Gasteiger partial charge in [0.1, 0.15) is 11.4 Å². The van der Waals surface area contributed by atoms with Crippen LogP contribution in [0.3, 0.4) is 0 Å². The van der Waals surface area contributed by atoms with Crippen molar-refractivity contribution >= 4 is 0 Å². The van der Waals surface area contributed by atoms with E-state index < -0.39 is 5.60 Å². The van der Waals surface area contributed by atoms with Gasteiger partial charge in [-0.25, -0.2) is 9.67 Å². The van der Waals surface area contributed by atoms with Crippen molar-refractivity contribution in [3.05, 3.63) is 59.7 Å². The molecular weight excluding hydrogens is 312 g/mol. The van der Waals surface area contributed by atoms with Gasteiger partial charge >= 0.3 is 0 Å². The predicted molar refractivity (Wildman–Crippen MR) is 97.2 cm³/mol. The molecule has 2 aromatic heterocycles. The molecule has 0 aliphatic heterocycles. The lowest BCUT2D eigenvalue weighted by Gasteiger charge is -2.08. The molecule has 25 heavy (non-hydrogen) atoms. The number of nitrogens with zero attached hydrogens (tertiary/aromatic N) is 4. The number of aromatic nitrogens is 4. The number of rotatable bonds is 2. The Labute approximate surface area is 147 Å². The molecule has 0 spiro atoms. The van der Waals surface area contributed by atoms with Crippen molar-refractivity contribution < 1.29 is 5.11 Å². The van der Waals surface area contributed by atoms with Gasteiger partial charge in [-0.2, -0.15) is 5.10 Å². The largest absolute Gasteiger partial charge is 0.378 e. The minimum absolute atomic E-state index is 0.692. The zero-order valence-corrected chi connectivity index (χ0v) is 14.8. The molecule has 2 heterocycles. The molecule has 0 fully saturated rings. The monoisotopic (exact) mass is 332 g/mol. The van der Waals surface area contributed by atoms with Crippen LogP contribution in [-0.2, 0) is 0 Å². The zero-order valence-electron chi connectivity index (χ0n) is 14.8. The Morgan fingerprint density at radius 1 is 1.12 bits per heavy atom. The lowest BCUT2D eigenvalue weighted by molar-refractivity contribution is 0.143. The number of hydrogen-bond donors (Lipinski definition) is 1. The topological polar surface area (TPSA) is 63.8 Å². The Hall–Kier alpha value is -2.97. The fraction of sp³-hybridized carbons (Fsp3) is 0.250. The van der Waals surface area contributed by atoms with Crippen LogP contribution in [0.5, 0.6) is 0 Å². The molecule has 3 aromatic rings. The first-order valence-electron chi connectivity index (χ1n) is 8.04. The third-order valence-electron chi connectivity index (χ3n) is 3.47. The van der Waals surface area contributed by atoms with Gasteiger partial charge in [0.05, 0.1) is 5.69 Å². The maximum Gasteiger partial charge on any atom is 0.163 e. The Bertz CT molecular complexity index is 971. The number of aliphatic hydroxyl groups is 1. The molecule has 0 unspecified atom stereocenters. The van der Waals surface area contributed by atoms with Crippen LogP contribution in [0.2, 0.25) is 0 Å². The Morgan fingerprint density at radius 3 is 2.64 bits per heavy atom. The van der Waals surface area contributed by atoms with Crippen LogP contribution in [0.1, 0.15) is 30.9 Å². The SMILES string of the molecule is Cc1cc(-n2nc(C)nc2-c2cccc(C#CC(C)(C)O)c2)ccn1. The van der Waals surface area contributed by atoms with E-state index in [0.717, 1.165) is 28.3 Å². The molecule has 1 N–H and O–H groups in total. The molecule has 0 saturated heterocycles. The summed E-state index contributed by atoms with van der Waals surface area (Å²) in [5, 5.41) is 14.3. The van der Waals surface area contributed by atoms with Crippen LogP contribution < -0.4 is 0 Å². The molecule has 0 radical (unpaired) electrons. The second-order valence-corrected chi connectivity index (χ2v) is 6.44. The maximum atomic E-state index is 9.78. The number of hydrogen-bond acceptors (Lipinski definition) is 4. The second-order valence-electron chi connectivity index (χ2n) is 6.44. The van der Waals surface area contributed by atoms with Crippen LogP contribution in [0, 0.1) is 25.7 Å². The van der Waals surface area contributed by atoms with E-state index >= 15 is 0 Å². The van der Waals surface area contributed by atoms with E-state index in [1.54, 1.807) is 20.0 Å². The van der Waals surface area contributed by atoms with Gasteiger partial charge in [-0.05, 0) is 52.0 Å². The molecular formula is C20H20N4O. The quantitative estimate of drug-likeness (QED) is 0.733. The fourth-order valence-corrected chi connectivity index (χ4v) is 2.41. The summed E-state index contributed by atoms with van der Waals surface area (Å²) >= 11 is 0. The van der Waals surface area contributed by atoms with Crippen molar-refractivity contribution in [2.24, 2.45) is 0 Å². The summed E-state index contributed by atoms with van der Waals surface area (Å²) < 4.78 is 1.81. The van der Waals surface area contributed by atoms with E-state index in [9.17, 15) is 5.11 Å². The first-order valence-corrected chi connectivity index (χ1v) is 8.04. The molecule has 3 rings (SSSR count). The molecule has 0 atom stereocenters. The van der Waals surface area contributed by atoms with E-state index in [0.29, 0.717) is 5.82 Å². The minimum atomic E-state index is -1.03. The number of aryl methyl sites for hydroxylation is 2. The number of benzene rings is 1. The maximum absolute atomic E-state index is 9.78. The molecule has 0 saturated carbocycles. The smallest absolute Gasteiger partial charge is 0.163 e. The molecule has 0 amide bonds. The molecule has 0 bridgehead atoms. The van der Waals surface area contributed by atoms with Crippen LogP contribution in [0.15, 0.2) is 42.6 Å². The van der Waals surface area contributed by atoms with Crippen LogP contribution in [0.4, 0.5) is 0 Å². The Kier molecular flexibility index (Phi) is 4.39. The lowest BCUT2D eigenvalue weighted by atomic mass is 10.1.